The third-order valence-electron chi connectivity index (χ3n) is 8.75. The van der Waals surface area contributed by atoms with Crippen molar-refractivity contribution in [3.63, 3.8) is 0 Å². The fourth-order valence-corrected chi connectivity index (χ4v) is 6.16. The Bertz CT molecular complexity index is 1520. The maximum Gasteiger partial charge on any atom is 0.273 e. The van der Waals surface area contributed by atoms with Crippen molar-refractivity contribution in [3.8, 4) is 0 Å². The molecule has 7 rings (SSSR count). The molecule has 0 spiro atoms. The molecule has 10 heteroatoms. The van der Waals surface area contributed by atoms with Crippen LogP contribution in [0.1, 0.15) is 68.2 Å². The summed E-state index contributed by atoms with van der Waals surface area (Å²) in [4.78, 5) is 28.7. The van der Waals surface area contributed by atoms with E-state index >= 15 is 8.78 Å². The minimum atomic E-state index is -2.91. The topological polar surface area (TPSA) is 76.6 Å². The van der Waals surface area contributed by atoms with Gasteiger partial charge in [-0.15, -0.1) is 0 Å². The second kappa shape index (κ2) is 11.1. The lowest BCUT2D eigenvalue weighted by Crippen LogP contribution is -2.48. The van der Waals surface area contributed by atoms with Gasteiger partial charge in [-0.05, 0) is 56.3 Å². The Hall–Kier alpha value is -3.42. The molecule has 1 saturated carbocycles. The number of aryl methyl sites for hydroxylation is 1. The molecule has 0 amide bonds. The highest BCUT2D eigenvalue weighted by atomic mass is 19.3. The SMILES string of the molecule is [C-]#[N+]C1(c2cc3c4ncnc3n(c2=O)CCCOCCCCN2CC(C2)CC(F)(F)c2cccc(c2)[C@@H](C)N4)CC1. The van der Waals surface area contributed by atoms with E-state index < -0.39 is 11.5 Å². The molecule has 0 radical (unpaired) electrons. The molecule has 1 aliphatic carbocycles. The lowest BCUT2D eigenvalue weighted by molar-refractivity contribution is -0.0570. The molecule has 4 aliphatic rings. The van der Waals surface area contributed by atoms with Crippen molar-refractivity contribution in [3.05, 3.63) is 75.1 Å². The van der Waals surface area contributed by atoms with E-state index in [-0.39, 0.29) is 29.5 Å². The van der Waals surface area contributed by atoms with E-state index in [2.05, 4.69) is 25.0 Å². The molecule has 3 aromatic rings. The van der Waals surface area contributed by atoms with Crippen LogP contribution in [0.4, 0.5) is 14.6 Å². The van der Waals surface area contributed by atoms with Gasteiger partial charge in [0.05, 0.1) is 5.39 Å². The number of benzene rings is 1. The van der Waals surface area contributed by atoms with Crippen molar-refractivity contribution < 1.29 is 13.5 Å². The molecule has 8 bridgehead atoms. The molecule has 2 aromatic heterocycles. The number of hydrogen-bond donors (Lipinski definition) is 1. The lowest BCUT2D eigenvalue weighted by atomic mass is 9.89. The van der Waals surface area contributed by atoms with Gasteiger partial charge >= 0.3 is 0 Å². The first-order chi connectivity index (χ1) is 19.8. The standard InChI is InChI=1S/C31H36F2N6O2/c1-21-23-7-5-8-24(15-23)31(32,33)17-22-18-38(19-22)11-3-4-13-41-14-6-12-39-28-25(27(37-21)35-20-36-28)16-26(29(39)40)30(34-2)9-10-30/h5,7-8,15-16,20-22H,3-4,6,9-14,17-19H2,1H3,(H,35,36,37)/t21-/m1/s1. The van der Waals surface area contributed by atoms with Crippen LogP contribution in [0.15, 0.2) is 41.5 Å². The average molecular weight is 563 g/mol. The van der Waals surface area contributed by atoms with Gasteiger partial charge in [-0.25, -0.2) is 25.3 Å². The van der Waals surface area contributed by atoms with Gasteiger partial charge in [0.1, 0.15) is 23.4 Å². The predicted octanol–water partition coefficient (Wildman–Crippen LogP) is 5.49. The number of anilines is 1. The summed E-state index contributed by atoms with van der Waals surface area (Å²) in [6, 6.07) is 8.04. The number of aromatic nitrogens is 3. The van der Waals surface area contributed by atoms with E-state index in [9.17, 15) is 4.79 Å². The molecular formula is C31H36F2N6O2. The van der Waals surface area contributed by atoms with Gasteiger partial charge in [0, 0.05) is 63.7 Å². The number of ether oxygens (including phenoxy) is 1. The van der Waals surface area contributed by atoms with Crippen LogP contribution in [0.5, 0.6) is 0 Å². The lowest BCUT2D eigenvalue weighted by Gasteiger charge is -2.41. The Morgan fingerprint density at radius 2 is 1.90 bits per heavy atom. The van der Waals surface area contributed by atoms with Gasteiger partial charge < -0.3 is 19.8 Å². The number of pyridine rings is 1. The number of alkyl halides is 2. The van der Waals surface area contributed by atoms with E-state index in [1.54, 1.807) is 22.8 Å². The minimum Gasteiger partial charge on any atom is -0.381 e. The summed E-state index contributed by atoms with van der Waals surface area (Å²) in [5.74, 6) is -2.42. The highest BCUT2D eigenvalue weighted by molar-refractivity contribution is 5.87. The molecule has 8 nitrogen and oxygen atoms in total. The smallest absolute Gasteiger partial charge is 0.273 e. The zero-order valence-corrected chi connectivity index (χ0v) is 23.4. The summed E-state index contributed by atoms with van der Waals surface area (Å²) < 4.78 is 38.2. The van der Waals surface area contributed by atoms with Crippen LogP contribution < -0.4 is 10.9 Å². The van der Waals surface area contributed by atoms with E-state index in [0.29, 0.717) is 74.5 Å². The Morgan fingerprint density at radius 1 is 1.10 bits per heavy atom. The number of hydrogen-bond acceptors (Lipinski definition) is 6. The number of halogens is 2. The van der Waals surface area contributed by atoms with Crippen LogP contribution in [0.25, 0.3) is 15.9 Å². The van der Waals surface area contributed by atoms with Crippen molar-refractivity contribution in [1.82, 2.24) is 19.4 Å². The maximum atomic E-state index is 15.4. The second-order valence-electron chi connectivity index (χ2n) is 11.8. The Kier molecular flexibility index (Phi) is 7.51. The highest BCUT2D eigenvalue weighted by Crippen LogP contribution is 2.49. The summed E-state index contributed by atoms with van der Waals surface area (Å²) in [6.07, 6.45) is 5.05. The van der Waals surface area contributed by atoms with Crippen LogP contribution in [-0.4, -0.2) is 52.3 Å². The summed E-state index contributed by atoms with van der Waals surface area (Å²) in [6.45, 7) is 13.5. The third kappa shape index (κ3) is 5.57. The molecule has 5 heterocycles. The van der Waals surface area contributed by atoms with Crippen LogP contribution >= 0.6 is 0 Å². The van der Waals surface area contributed by atoms with Crippen molar-refractivity contribution >= 4 is 16.9 Å². The van der Waals surface area contributed by atoms with E-state index in [4.69, 9.17) is 11.3 Å². The molecule has 1 saturated heterocycles. The molecule has 0 unspecified atom stereocenters. The average Bonchev–Trinajstić information content (AvgIpc) is 3.74. The van der Waals surface area contributed by atoms with Gasteiger partial charge in [-0.2, -0.15) is 0 Å². The fraction of sp³-hybridized carbons (Fsp3) is 0.548. The maximum absolute atomic E-state index is 15.4. The molecule has 41 heavy (non-hydrogen) atoms. The van der Waals surface area contributed by atoms with Gasteiger partial charge in [-0.1, -0.05) is 18.2 Å². The summed E-state index contributed by atoms with van der Waals surface area (Å²) in [5, 5.41) is 4.03. The van der Waals surface area contributed by atoms with Gasteiger partial charge in [0.2, 0.25) is 0 Å². The Morgan fingerprint density at radius 3 is 2.68 bits per heavy atom. The first-order valence-electron chi connectivity index (χ1n) is 14.6. The van der Waals surface area contributed by atoms with Crippen LogP contribution in [0, 0.1) is 12.5 Å². The third-order valence-corrected chi connectivity index (χ3v) is 8.75. The number of rotatable bonds is 1. The van der Waals surface area contributed by atoms with Crippen molar-refractivity contribution in [2.24, 2.45) is 5.92 Å². The summed E-state index contributed by atoms with van der Waals surface area (Å²) >= 11 is 0. The van der Waals surface area contributed by atoms with Gasteiger partial charge in [0.25, 0.3) is 17.0 Å². The van der Waals surface area contributed by atoms with E-state index in [1.165, 1.54) is 12.4 Å². The van der Waals surface area contributed by atoms with E-state index in [0.717, 1.165) is 24.9 Å². The van der Waals surface area contributed by atoms with Gasteiger partial charge in [0.15, 0.2) is 0 Å². The monoisotopic (exact) mass is 562 g/mol. The first kappa shape index (κ1) is 27.7. The fourth-order valence-electron chi connectivity index (χ4n) is 6.16. The normalized spacial score (nSPS) is 26.0. The zero-order chi connectivity index (χ0) is 28.6. The largest absolute Gasteiger partial charge is 0.381 e. The molecular weight excluding hydrogens is 526 g/mol. The van der Waals surface area contributed by atoms with Gasteiger partial charge in [-0.3, -0.25) is 9.36 Å². The molecule has 1 aromatic carbocycles. The number of fused-ring (bicyclic) bond motifs is 9. The zero-order valence-electron chi connectivity index (χ0n) is 23.4. The number of nitrogens with zero attached hydrogens (tertiary/aromatic N) is 5. The Labute approximate surface area is 238 Å². The van der Waals surface area contributed by atoms with Crippen LogP contribution in [0.2, 0.25) is 0 Å². The minimum absolute atomic E-state index is 0.0114. The van der Waals surface area contributed by atoms with Crippen molar-refractivity contribution in [2.75, 3.05) is 38.2 Å². The molecule has 216 valence electrons. The molecule has 3 aliphatic heterocycles. The summed E-state index contributed by atoms with van der Waals surface area (Å²) in [5.41, 5.74) is 0.704. The first-order valence-corrected chi connectivity index (χ1v) is 14.6. The Balaban J connectivity index is 1.37. The highest BCUT2D eigenvalue weighted by Gasteiger charge is 2.55. The molecule has 1 atom stereocenters. The van der Waals surface area contributed by atoms with Crippen LogP contribution in [-0.2, 0) is 22.7 Å². The second-order valence-corrected chi connectivity index (χ2v) is 11.8. The predicted molar refractivity (Wildman–Crippen MR) is 153 cm³/mol. The molecule has 2 fully saturated rings. The summed E-state index contributed by atoms with van der Waals surface area (Å²) in [7, 11) is 0. The van der Waals surface area contributed by atoms with Crippen LogP contribution in [0.3, 0.4) is 0 Å². The number of nitrogens with one attached hydrogen (secondary N) is 1. The molecule has 1 N–H and O–H groups in total. The quantitative estimate of drug-likeness (QED) is 0.396. The van der Waals surface area contributed by atoms with E-state index in [1.807, 2.05) is 13.0 Å². The van der Waals surface area contributed by atoms with Crippen molar-refractivity contribution in [1.29, 1.82) is 0 Å². The van der Waals surface area contributed by atoms with Crippen molar-refractivity contribution in [2.45, 2.75) is 69.5 Å².